The lowest BCUT2D eigenvalue weighted by molar-refractivity contribution is 0.333. The molecule has 8 nitrogen and oxygen atoms in total. The summed E-state index contributed by atoms with van der Waals surface area (Å²) in [7, 11) is 4.87. The van der Waals surface area contributed by atoms with Crippen molar-refractivity contribution in [3.05, 3.63) is 53.6 Å². The minimum atomic E-state index is -0.139. The van der Waals surface area contributed by atoms with Crippen LogP contribution in [0.5, 0.6) is 17.2 Å². The fourth-order valence-electron chi connectivity index (χ4n) is 3.53. The topological polar surface area (TPSA) is 83.3 Å². The van der Waals surface area contributed by atoms with Crippen LogP contribution in [0.25, 0.3) is 0 Å². The molecule has 4 rings (SSSR count). The van der Waals surface area contributed by atoms with Crippen LogP contribution in [0.3, 0.4) is 0 Å². The number of anilines is 1. The van der Waals surface area contributed by atoms with E-state index in [1.165, 1.54) is 5.56 Å². The molecule has 0 aliphatic carbocycles. The number of tetrazole rings is 1. The van der Waals surface area contributed by atoms with Gasteiger partial charge in [0.1, 0.15) is 5.75 Å². The number of aromatic nitrogens is 4. The highest BCUT2D eigenvalue weighted by Gasteiger charge is 2.33. The van der Waals surface area contributed by atoms with Crippen molar-refractivity contribution in [2.24, 2.45) is 0 Å². The maximum absolute atomic E-state index is 5.67. The van der Waals surface area contributed by atoms with Crippen LogP contribution in [0.4, 0.5) is 5.95 Å². The van der Waals surface area contributed by atoms with Crippen LogP contribution in [0.1, 0.15) is 29.6 Å². The van der Waals surface area contributed by atoms with Crippen LogP contribution < -0.4 is 19.5 Å². The zero-order chi connectivity index (χ0) is 18.8. The highest BCUT2D eigenvalue weighted by Crippen LogP contribution is 2.45. The maximum atomic E-state index is 5.67. The van der Waals surface area contributed by atoms with Gasteiger partial charge in [-0.2, -0.15) is 0 Å². The molecular formula is C19H21N5O3. The van der Waals surface area contributed by atoms with E-state index >= 15 is 0 Å². The molecule has 0 saturated carbocycles. The Morgan fingerprint density at radius 2 is 1.85 bits per heavy atom. The van der Waals surface area contributed by atoms with Crippen molar-refractivity contribution < 1.29 is 14.2 Å². The van der Waals surface area contributed by atoms with E-state index in [1.54, 1.807) is 32.1 Å². The predicted molar refractivity (Wildman–Crippen MR) is 99.5 cm³/mol. The zero-order valence-electron chi connectivity index (χ0n) is 15.4. The second-order valence-electron chi connectivity index (χ2n) is 6.26. The van der Waals surface area contributed by atoms with E-state index in [4.69, 9.17) is 14.2 Å². The van der Waals surface area contributed by atoms with Gasteiger partial charge in [0.25, 0.3) is 0 Å². The molecule has 8 heteroatoms. The van der Waals surface area contributed by atoms with Crippen molar-refractivity contribution >= 4 is 5.95 Å². The van der Waals surface area contributed by atoms with Gasteiger partial charge in [-0.25, -0.2) is 4.68 Å². The molecule has 2 heterocycles. The van der Waals surface area contributed by atoms with Gasteiger partial charge in [0.15, 0.2) is 11.5 Å². The lowest BCUT2D eigenvalue weighted by atomic mass is 9.92. The number of hydrogen-bond donors (Lipinski definition) is 1. The summed E-state index contributed by atoms with van der Waals surface area (Å²) in [6, 6.07) is 13.9. The first kappa shape index (κ1) is 17.1. The van der Waals surface area contributed by atoms with Gasteiger partial charge in [-0.3, -0.25) is 0 Å². The van der Waals surface area contributed by atoms with E-state index in [9.17, 15) is 0 Å². The fraction of sp³-hybridized carbons (Fsp3) is 0.316. The van der Waals surface area contributed by atoms with Gasteiger partial charge in [0.05, 0.1) is 33.4 Å². The number of nitrogens with zero attached hydrogens (tertiary/aromatic N) is 4. The number of methoxy groups -OCH3 is 3. The quantitative estimate of drug-likeness (QED) is 0.742. The number of benzene rings is 2. The Kier molecular flexibility index (Phi) is 4.53. The lowest BCUT2D eigenvalue weighted by Crippen LogP contribution is -2.28. The average Bonchev–Trinajstić information content (AvgIpc) is 3.21. The van der Waals surface area contributed by atoms with Crippen molar-refractivity contribution in [3.63, 3.8) is 0 Å². The smallest absolute Gasteiger partial charge is 0.243 e. The van der Waals surface area contributed by atoms with Gasteiger partial charge in [-0.05, 0) is 28.5 Å². The number of hydrogen-bond acceptors (Lipinski definition) is 7. The minimum absolute atomic E-state index is 0.0663. The van der Waals surface area contributed by atoms with E-state index in [0.29, 0.717) is 23.2 Å². The monoisotopic (exact) mass is 367 g/mol. The van der Waals surface area contributed by atoms with E-state index in [1.807, 2.05) is 24.3 Å². The zero-order valence-corrected chi connectivity index (χ0v) is 15.4. The van der Waals surface area contributed by atoms with Crippen LogP contribution in [-0.4, -0.2) is 41.5 Å². The first-order chi connectivity index (χ1) is 13.2. The molecule has 0 unspecified atom stereocenters. The minimum Gasteiger partial charge on any atom is -0.497 e. The summed E-state index contributed by atoms with van der Waals surface area (Å²) in [5, 5.41) is 15.6. The van der Waals surface area contributed by atoms with Gasteiger partial charge in [0.2, 0.25) is 5.95 Å². The third-order valence-corrected chi connectivity index (χ3v) is 4.83. The van der Waals surface area contributed by atoms with E-state index in [2.05, 4.69) is 33.0 Å². The molecule has 0 spiro atoms. The third-order valence-electron chi connectivity index (χ3n) is 4.83. The highest BCUT2D eigenvalue weighted by molar-refractivity contribution is 5.54. The van der Waals surface area contributed by atoms with Crippen LogP contribution in [0, 0.1) is 0 Å². The normalized spacial score (nSPS) is 18.3. The van der Waals surface area contributed by atoms with E-state index in [0.717, 1.165) is 12.0 Å². The molecule has 2 aromatic carbocycles. The lowest BCUT2D eigenvalue weighted by Gasteiger charge is -2.32. The Labute approximate surface area is 157 Å². The molecule has 0 bridgehead atoms. The van der Waals surface area contributed by atoms with Crippen molar-refractivity contribution in [3.8, 4) is 17.2 Å². The molecule has 27 heavy (non-hydrogen) atoms. The number of rotatable bonds is 5. The molecule has 0 saturated heterocycles. The Morgan fingerprint density at radius 3 is 2.56 bits per heavy atom. The molecule has 1 aromatic heterocycles. The standard InChI is InChI=1S/C19H21N5O3/c1-25-13-9-14(18(27-3)17(10-13)26-2)16-11-15(12-7-5-4-6-8-12)20-19-21-22-23-24(16)19/h4-10,15-16H,11H2,1-3H3,(H,20,21,23)/t15-,16-/m0/s1. The van der Waals surface area contributed by atoms with Gasteiger partial charge < -0.3 is 19.5 Å². The first-order valence-electron chi connectivity index (χ1n) is 8.64. The molecule has 1 aliphatic rings. The predicted octanol–water partition coefficient (Wildman–Crippen LogP) is 2.85. The van der Waals surface area contributed by atoms with Crippen LogP contribution in [0.2, 0.25) is 0 Å². The molecule has 2 atom stereocenters. The number of ether oxygens (including phenoxy) is 3. The van der Waals surface area contributed by atoms with Crippen molar-refractivity contribution in [2.75, 3.05) is 26.6 Å². The molecule has 0 radical (unpaired) electrons. The molecule has 3 aromatic rings. The third kappa shape index (κ3) is 3.03. The SMILES string of the molecule is COc1cc(OC)c(OC)c([C@@H]2C[C@@H](c3ccccc3)Nc3nnnn32)c1. The van der Waals surface area contributed by atoms with Crippen molar-refractivity contribution in [1.29, 1.82) is 0 Å². The summed E-state index contributed by atoms with van der Waals surface area (Å²) in [4.78, 5) is 0. The summed E-state index contributed by atoms with van der Waals surface area (Å²) < 4.78 is 18.4. The van der Waals surface area contributed by atoms with Gasteiger partial charge in [0, 0.05) is 11.6 Å². The summed E-state index contributed by atoms with van der Waals surface area (Å²) in [5.74, 6) is 2.56. The van der Waals surface area contributed by atoms with Gasteiger partial charge in [-0.15, -0.1) is 0 Å². The largest absolute Gasteiger partial charge is 0.497 e. The second kappa shape index (κ2) is 7.14. The Balaban J connectivity index is 1.83. The highest BCUT2D eigenvalue weighted by atomic mass is 16.5. The van der Waals surface area contributed by atoms with Crippen molar-refractivity contribution in [2.45, 2.75) is 18.5 Å². The number of fused-ring (bicyclic) bond motifs is 1. The molecule has 0 fully saturated rings. The van der Waals surface area contributed by atoms with E-state index < -0.39 is 0 Å². The van der Waals surface area contributed by atoms with Crippen LogP contribution in [0.15, 0.2) is 42.5 Å². The molecule has 1 aliphatic heterocycles. The second-order valence-corrected chi connectivity index (χ2v) is 6.26. The maximum Gasteiger partial charge on any atom is 0.243 e. The number of nitrogens with one attached hydrogen (secondary N) is 1. The van der Waals surface area contributed by atoms with Gasteiger partial charge >= 0.3 is 0 Å². The van der Waals surface area contributed by atoms with Crippen molar-refractivity contribution in [1.82, 2.24) is 20.2 Å². The summed E-state index contributed by atoms with van der Waals surface area (Å²) in [6.45, 7) is 0. The molecular weight excluding hydrogens is 346 g/mol. The van der Waals surface area contributed by atoms with E-state index in [-0.39, 0.29) is 12.1 Å². The Hall–Kier alpha value is -3.29. The van der Waals surface area contributed by atoms with Crippen LogP contribution >= 0.6 is 0 Å². The Morgan fingerprint density at radius 1 is 1.04 bits per heavy atom. The average molecular weight is 367 g/mol. The fourth-order valence-corrected chi connectivity index (χ4v) is 3.53. The first-order valence-corrected chi connectivity index (χ1v) is 8.64. The molecule has 140 valence electrons. The van der Waals surface area contributed by atoms with Gasteiger partial charge in [-0.1, -0.05) is 35.4 Å². The summed E-state index contributed by atoms with van der Waals surface area (Å²) >= 11 is 0. The summed E-state index contributed by atoms with van der Waals surface area (Å²) in [6.07, 6.45) is 0.745. The van der Waals surface area contributed by atoms with Crippen LogP contribution in [-0.2, 0) is 0 Å². The Bertz CT molecular complexity index is 928. The molecule has 1 N–H and O–H groups in total. The molecule has 0 amide bonds. The summed E-state index contributed by atoms with van der Waals surface area (Å²) in [5.41, 5.74) is 2.08.